The summed E-state index contributed by atoms with van der Waals surface area (Å²) >= 11 is 0. The molecule has 0 spiro atoms. The van der Waals surface area contributed by atoms with E-state index in [1.165, 1.54) is 0 Å². The predicted octanol–water partition coefficient (Wildman–Crippen LogP) is 1.99. The fraction of sp³-hybridized carbons (Fsp3) is 0.267. The molecule has 96 valence electrons. The highest BCUT2D eigenvalue weighted by atomic mass is 14.9. The number of nitriles is 1. The quantitative estimate of drug-likeness (QED) is 0.827. The summed E-state index contributed by atoms with van der Waals surface area (Å²) in [6.45, 7) is 3.57. The van der Waals surface area contributed by atoms with Gasteiger partial charge in [-0.2, -0.15) is 5.26 Å². The molecule has 0 aliphatic carbocycles. The lowest BCUT2D eigenvalue weighted by Crippen LogP contribution is -2.17. The van der Waals surface area contributed by atoms with Crippen LogP contribution in [0.5, 0.6) is 0 Å². The number of nitrogens with zero attached hydrogens (tertiary/aromatic N) is 3. The van der Waals surface area contributed by atoms with Gasteiger partial charge in [0.15, 0.2) is 0 Å². The van der Waals surface area contributed by atoms with Gasteiger partial charge in [0, 0.05) is 31.9 Å². The predicted molar refractivity (Wildman–Crippen MR) is 73.3 cm³/mol. The van der Waals surface area contributed by atoms with E-state index in [1.54, 1.807) is 12.4 Å². The van der Waals surface area contributed by atoms with Gasteiger partial charge in [0.1, 0.15) is 0 Å². The third-order valence-electron chi connectivity index (χ3n) is 2.91. The van der Waals surface area contributed by atoms with Crippen molar-refractivity contribution >= 4 is 0 Å². The van der Waals surface area contributed by atoms with E-state index >= 15 is 0 Å². The molecule has 1 aromatic carbocycles. The maximum absolute atomic E-state index is 8.83. The Labute approximate surface area is 113 Å². The van der Waals surface area contributed by atoms with E-state index in [4.69, 9.17) is 5.26 Å². The minimum absolute atomic E-state index is 0.698. The maximum atomic E-state index is 8.83. The van der Waals surface area contributed by atoms with Gasteiger partial charge in [-0.25, -0.2) is 0 Å². The van der Waals surface area contributed by atoms with Crippen molar-refractivity contribution in [2.24, 2.45) is 0 Å². The molecule has 0 atom stereocenters. The fourth-order valence-corrected chi connectivity index (χ4v) is 1.87. The van der Waals surface area contributed by atoms with E-state index in [0.717, 1.165) is 36.5 Å². The van der Waals surface area contributed by atoms with Gasteiger partial charge in [-0.1, -0.05) is 12.1 Å². The second-order valence-electron chi connectivity index (χ2n) is 4.33. The lowest BCUT2D eigenvalue weighted by molar-refractivity contribution is 0.675. The van der Waals surface area contributed by atoms with Crippen LogP contribution in [0.4, 0.5) is 0 Å². The number of hydrogen-bond acceptors (Lipinski definition) is 4. The van der Waals surface area contributed by atoms with Crippen LogP contribution in [0.25, 0.3) is 0 Å². The summed E-state index contributed by atoms with van der Waals surface area (Å²) in [5.41, 5.74) is 3.83. The van der Waals surface area contributed by atoms with Gasteiger partial charge in [0.05, 0.1) is 23.0 Å². The summed E-state index contributed by atoms with van der Waals surface area (Å²) in [6.07, 6.45) is 4.29. The van der Waals surface area contributed by atoms with Gasteiger partial charge in [-0.15, -0.1) is 0 Å². The molecular weight excluding hydrogens is 236 g/mol. The minimum Gasteiger partial charge on any atom is -0.312 e. The molecule has 19 heavy (non-hydrogen) atoms. The van der Waals surface area contributed by atoms with Crippen LogP contribution in [0.1, 0.15) is 22.5 Å². The zero-order valence-electron chi connectivity index (χ0n) is 10.9. The molecule has 4 heteroatoms. The molecule has 1 heterocycles. The van der Waals surface area contributed by atoms with Crippen LogP contribution < -0.4 is 5.32 Å². The minimum atomic E-state index is 0.698. The first kappa shape index (κ1) is 13.2. The van der Waals surface area contributed by atoms with Crippen molar-refractivity contribution in [2.45, 2.75) is 19.9 Å². The van der Waals surface area contributed by atoms with E-state index in [0.29, 0.717) is 5.56 Å². The average molecular weight is 252 g/mol. The van der Waals surface area contributed by atoms with Gasteiger partial charge in [0.25, 0.3) is 0 Å². The summed E-state index contributed by atoms with van der Waals surface area (Å²) in [7, 11) is 0. The molecule has 0 fully saturated rings. The molecule has 0 aliphatic rings. The van der Waals surface area contributed by atoms with E-state index in [9.17, 15) is 0 Å². The molecule has 0 amide bonds. The lowest BCUT2D eigenvalue weighted by atomic mass is 10.1. The summed E-state index contributed by atoms with van der Waals surface area (Å²) in [6, 6.07) is 9.78. The van der Waals surface area contributed by atoms with Gasteiger partial charge < -0.3 is 5.32 Å². The Morgan fingerprint density at radius 3 is 2.89 bits per heavy atom. The standard InChI is InChI=1S/C15H16N4/c1-12-15(19-8-7-18-12)5-6-17-11-14-4-2-3-13(9-14)10-16/h2-4,7-9,17H,5-6,11H2,1H3. The number of hydrogen-bond donors (Lipinski definition) is 1. The highest BCUT2D eigenvalue weighted by Crippen LogP contribution is 2.04. The monoisotopic (exact) mass is 252 g/mol. The van der Waals surface area contributed by atoms with Crippen molar-refractivity contribution in [3.05, 3.63) is 59.2 Å². The van der Waals surface area contributed by atoms with Crippen LogP contribution in [-0.2, 0) is 13.0 Å². The Hall–Kier alpha value is -2.25. The zero-order chi connectivity index (χ0) is 13.5. The first-order valence-corrected chi connectivity index (χ1v) is 6.26. The highest BCUT2D eigenvalue weighted by molar-refractivity contribution is 5.32. The first-order valence-electron chi connectivity index (χ1n) is 6.26. The normalized spacial score (nSPS) is 10.1. The van der Waals surface area contributed by atoms with E-state index in [-0.39, 0.29) is 0 Å². The smallest absolute Gasteiger partial charge is 0.0991 e. The number of nitrogens with one attached hydrogen (secondary N) is 1. The first-order chi connectivity index (χ1) is 9.29. The molecule has 0 radical (unpaired) electrons. The average Bonchev–Trinajstić information content (AvgIpc) is 2.45. The van der Waals surface area contributed by atoms with Crippen LogP contribution in [0.3, 0.4) is 0 Å². The van der Waals surface area contributed by atoms with Crippen molar-refractivity contribution in [3.63, 3.8) is 0 Å². The molecule has 4 nitrogen and oxygen atoms in total. The molecule has 1 N–H and O–H groups in total. The SMILES string of the molecule is Cc1nccnc1CCNCc1cccc(C#N)c1. The second kappa shape index (κ2) is 6.62. The van der Waals surface area contributed by atoms with Gasteiger partial charge in [-0.3, -0.25) is 9.97 Å². The summed E-state index contributed by atoms with van der Waals surface area (Å²) < 4.78 is 0. The van der Waals surface area contributed by atoms with Crippen molar-refractivity contribution in [2.75, 3.05) is 6.54 Å². The van der Waals surface area contributed by atoms with Crippen LogP contribution in [0.2, 0.25) is 0 Å². The molecule has 2 rings (SSSR count). The third kappa shape index (κ3) is 3.87. The van der Waals surface area contributed by atoms with E-state index in [2.05, 4.69) is 21.4 Å². The van der Waals surface area contributed by atoms with Crippen LogP contribution in [0.15, 0.2) is 36.7 Å². The number of rotatable bonds is 5. The Balaban J connectivity index is 1.81. The van der Waals surface area contributed by atoms with Crippen LogP contribution in [-0.4, -0.2) is 16.5 Å². The van der Waals surface area contributed by atoms with Crippen molar-refractivity contribution in [1.82, 2.24) is 15.3 Å². The van der Waals surface area contributed by atoms with Crippen LogP contribution >= 0.6 is 0 Å². The van der Waals surface area contributed by atoms with Gasteiger partial charge in [-0.05, 0) is 24.6 Å². The Morgan fingerprint density at radius 2 is 2.11 bits per heavy atom. The molecule has 0 unspecified atom stereocenters. The third-order valence-corrected chi connectivity index (χ3v) is 2.91. The topological polar surface area (TPSA) is 61.6 Å². The van der Waals surface area contributed by atoms with E-state index in [1.807, 2.05) is 31.2 Å². The molecule has 1 aromatic heterocycles. The van der Waals surface area contributed by atoms with E-state index < -0.39 is 0 Å². The molecule has 0 saturated heterocycles. The highest BCUT2D eigenvalue weighted by Gasteiger charge is 2.00. The number of aromatic nitrogens is 2. The van der Waals surface area contributed by atoms with Crippen molar-refractivity contribution in [1.29, 1.82) is 5.26 Å². The molecule has 0 aliphatic heterocycles. The molecule has 0 bridgehead atoms. The Morgan fingerprint density at radius 1 is 1.26 bits per heavy atom. The zero-order valence-corrected chi connectivity index (χ0v) is 10.9. The summed E-state index contributed by atoms with van der Waals surface area (Å²) in [4.78, 5) is 8.52. The van der Waals surface area contributed by atoms with Crippen molar-refractivity contribution in [3.8, 4) is 6.07 Å². The fourth-order valence-electron chi connectivity index (χ4n) is 1.87. The molecular formula is C15H16N4. The van der Waals surface area contributed by atoms with Gasteiger partial charge in [0.2, 0.25) is 0 Å². The van der Waals surface area contributed by atoms with Crippen LogP contribution in [0, 0.1) is 18.3 Å². The Bertz CT molecular complexity index is 587. The Kier molecular flexibility index (Phi) is 4.60. The molecule has 0 saturated carbocycles. The number of benzene rings is 1. The molecule has 2 aromatic rings. The largest absolute Gasteiger partial charge is 0.312 e. The summed E-state index contributed by atoms with van der Waals surface area (Å²) in [5, 5.41) is 12.2. The number of aryl methyl sites for hydroxylation is 1. The maximum Gasteiger partial charge on any atom is 0.0991 e. The summed E-state index contributed by atoms with van der Waals surface area (Å²) in [5.74, 6) is 0. The van der Waals surface area contributed by atoms with Crippen molar-refractivity contribution < 1.29 is 0 Å². The van der Waals surface area contributed by atoms with Gasteiger partial charge >= 0.3 is 0 Å². The lowest BCUT2D eigenvalue weighted by Gasteiger charge is -2.06. The second-order valence-corrected chi connectivity index (χ2v) is 4.33.